The van der Waals surface area contributed by atoms with Gasteiger partial charge in [0.1, 0.15) is 0 Å². The third kappa shape index (κ3) is 6.01. The third-order valence-corrected chi connectivity index (χ3v) is 5.41. The number of aryl methyl sites for hydroxylation is 3. The summed E-state index contributed by atoms with van der Waals surface area (Å²) in [6, 6.07) is 8.91. The Kier molecular flexibility index (Phi) is 10.9. The van der Waals surface area contributed by atoms with Gasteiger partial charge < -0.3 is 0 Å². The molecule has 26 heavy (non-hydrogen) atoms. The normalized spacial score (nSPS) is 9.92. The van der Waals surface area contributed by atoms with Gasteiger partial charge in [0.2, 0.25) is 0 Å². The molecule has 0 saturated carbocycles. The van der Waals surface area contributed by atoms with Crippen LogP contribution in [-0.2, 0) is 21.3 Å². The number of halogens is 2. The molecule has 0 fully saturated rings. The van der Waals surface area contributed by atoms with Crippen molar-refractivity contribution in [2.75, 3.05) is 0 Å². The molecule has 0 atom stereocenters. The monoisotopic (exact) mass is 650 g/mol. The second-order valence-electron chi connectivity index (χ2n) is 6.96. The van der Waals surface area contributed by atoms with Crippen LogP contribution in [0.5, 0.6) is 0 Å². The van der Waals surface area contributed by atoms with Crippen LogP contribution in [0.15, 0.2) is 24.3 Å². The molecule has 140 valence electrons. The van der Waals surface area contributed by atoms with Crippen molar-refractivity contribution in [1.29, 1.82) is 0 Å². The number of rotatable bonds is 1. The third-order valence-electron chi connectivity index (χ3n) is 5.41. The summed E-state index contributed by atoms with van der Waals surface area (Å²) in [5, 5.41) is 2.82. The molecule has 0 N–H and O–H groups in total. The zero-order valence-corrected chi connectivity index (χ0v) is 24.0. The zero-order chi connectivity index (χ0) is 20.0. The van der Waals surface area contributed by atoms with E-state index in [9.17, 15) is 0 Å². The van der Waals surface area contributed by atoms with E-state index >= 15 is 0 Å². The molecule has 0 saturated heterocycles. The van der Waals surface area contributed by atoms with Crippen LogP contribution in [0.4, 0.5) is 0 Å². The maximum atomic E-state index is 2.45. The first-order valence-corrected chi connectivity index (χ1v) is 23.6. The Morgan fingerprint density at radius 2 is 1.35 bits per heavy atom. The Bertz CT molecular complexity index is 789. The Hall–Kier alpha value is 0.523. The second-order valence-corrected chi connectivity index (χ2v) is 25.9. The molecule has 0 aliphatic rings. The average molecular weight is 652 g/mol. The molecule has 3 aromatic rings. The van der Waals surface area contributed by atoms with Crippen LogP contribution in [0, 0.1) is 48.5 Å². The molecule has 0 spiro atoms. The fraction of sp³-hybridized carbons (Fsp3) is 0.391. The summed E-state index contributed by atoms with van der Waals surface area (Å²) in [7, 11) is 0. The van der Waals surface area contributed by atoms with Crippen molar-refractivity contribution in [2.45, 2.75) is 61.8 Å². The molecule has 3 rings (SSSR count). The molecular weight excluding hydrogens is 621 g/mol. The molecule has 0 aliphatic carbocycles. The first kappa shape index (κ1) is 24.6. The minimum atomic E-state index is 0.170. The Morgan fingerprint density at radius 3 is 1.73 bits per heavy atom. The van der Waals surface area contributed by atoms with Gasteiger partial charge in [0.25, 0.3) is 0 Å². The number of hydrogen-bond donors (Lipinski definition) is 0. The summed E-state index contributed by atoms with van der Waals surface area (Å²) in [4.78, 5) is 0. The summed E-state index contributed by atoms with van der Waals surface area (Å²) in [6.07, 6.45) is 1.17. The number of benzene rings is 1. The van der Waals surface area contributed by atoms with Gasteiger partial charge in [-0.1, -0.05) is 66.5 Å². The van der Waals surface area contributed by atoms with Crippen LogP contribution in [0.25, 0.3) is 10.8 Å². The van der Waals surface area contributed by atoms with Gasteiger partial charge in [0, 0.05) is 0 Å². The van der Waals surface area contributed by atoms with Gasteiger partial charge in [-0.05, 0) is 6.92 Å². The molecule has 0 radical (unpaired) electrons. The van der Waals surface area contributed by atoms with E-state index in [-0.39, 0.29) is 14.9 Å². The standard InChI is InChI=1S/C12H13.C11H17.2HI.Zr/c1-8-6-11-9(2)4-5-10(3)12(11)7-8;1-6-11-9(4)7(2)8(3)10(11)5;;;/h4-7H,1-3H3;6H2,1-5H3;2*1H;/q2*-1;;;+4/p-2. The van der Waals surface area contributed by atoms with Crippen LogP contribution in [0.1, 0.15) is 51.4 Å². The molecule has 0 aliphatic heterocycles. The van der Waals surface area contributed by atoms with E-state index in [2.05, 4.69) is 116 Å². The molecule has 3 heteroatoms. The SMILES string of the molecule is CC[c-]1c(C)c(C)c(C)c1C.Cc1cc2c(C)ccc(C)c2[cH-]1.[I][Zr+2][I]. The van der Waals surface area contributed by atoms with Gasteiger partial charge in [0.05, 0.1) is 0 Å². The van der Waals surface area contributed by atoms with Crippen molar-refractivity contribution in [3.8, 4) is 0 Å². The fourth-order valence-electron chi connectivity index (χ4n) is 3.56. The summed E-state index contributed by atoms with van der Waals surface area (Å²) in [5.74, 6) is 0. The molecule has 0 bridgehead atoms. The van der Waals surface area contributed by atoms with Gasteiger partial charge in [-0.2, -0.15) is 33.9 Å². The predicted octanol–water partition coefficient (Wildman–Crippen LogP) is 8.45. The van der Waals surface area contributed by atoms with E-state index in [0.717, 1.165) is 0 Å². The summed E-state index contributed by atoms with van der Waals surface area (Å²) in [5.41, 5.74) is 11.7. The van der Waals surface area contributed by atoms with Crippen molar-refractivity contribution >= 4 is 46.9 Å². The molecule has 3 aromatic carbocycles. The van der Waals surface area contributed by atoms with E-state index in [4.69, 9.17) is 0 Å². The van der Waals surface area contributed by atoms with E-state index in [1.807, 2.05) is 0 Å². The van der Waals surface area contributed by atoms with Crippen LogP contribution < -0.4 is 0 Å². The van der Waals surface area contributed by atoms with Crippen LogP contribution in [0.2, 0.25) is 0 Å². The van der Waals surface area contributed by atoms with Crippen molar-refractivity contribution in [1.82, 2.24) is 0 Å². The zero-order valence-electron chi connectivity index (χ0n) is 17.3. The Morgan fingerprint density at radius 1 is 0.885 bits per heavy atom. The van der Waals surface area contributed by atoms with E-state index in [1.54, 1.807) is 5.56 Å². The van der Waals surface area contributed by atoms with Crippen molar-refractivity contribution in [3.05, 3.63) is 68.8 Å². The quantitative estimate of drug-likeness (QED) is 0.183. The summed E-state index contributed by atoms with van der Waals surface area (Å²) in [6.45, 7) is 17.6. The predicted molar refractivity (Wildman–Crippen MR) is 132 cm³/mol. The van der Waals surface area contributed by atoms with Gasteiger partial charge in [-0.15, -0.1) is 34.0 Å². The Labute approximate surface area is 190 Å². The fourth-order valence-corrected chi connectivity index (χ4v) is 3.56. The van der Waals surface area contributed by atoms with Gasteiger partial charge >= 0.3 is 50.9 Å². The Balaban J connectivity index is 0.000000227. The van der Waals surface area contributed by atoms with E-state index < -0.39 is 0 Å². The molecule has 0 amide bonds. The summed E-state index contributed by atoms with van der Waals surface area (Å²) >= 11 is 5.06. The van der Waals surface area contributed by atoms with Crippen LogP contribution in [-0.4, -0.2) is 0 Å². The van der Waals surface area contributed by atoms with Crippen molar-refractivity contribution < 1.29 is 14.9 Å². The first-order chi connectivity index (χ1) is 12.2. The topological polar surface area (TPSA) is 0 Å². The molecule has 0 nitrogen and oxygen atoms in total. The molecule has 0 heterocycles. The summed E-state index contributed by atoms with van der Waals surface area (Å²) < 4.78 is 0. The maximum absolute atomic E-state index is 2.45. The first-order valence-electron chi connectivity index (χ1n) is 9.00. The van der Waals surface area contributed by atoms with Crippen molar-refractivity contribution in [3.63, 3.8) is 0 Å². The number of fused-ring (bicyclic) bond motifs is 1. The van der Waals surface area contributed by atoms with Crippen LogP contribution >= 0.6 is 36.1 Å². The molecule has 0 unspecified atom stereocenters. The van der Waals surface area contributed by atoms with Gasteiger partial charge in [-0.3, -0.25) is 0 Å². The van der Waals surface area contributed by atoms with Gasteiger partial charge in [-0.25, -0.2) is 0 Å². The van der Waals surface area contributed by atoms with E-state index in [1.165, 1.54) is 56.1 Å². The average Bonchev–Trinajstić information content (AvgIpc) is 3.08. The molecular formula is C23H30I2Zr. The second kappa shape index (κ2) is 11.5. The minimum absolute atomic E-state index is 0.170. The van der Waals surface area contributed by atoms with Gasteiger partial charge in [0.15, 0.2) is 0 Å². The number of hydrogen-bond acceptors (Lipinski definition) is 0. The van der Waals surface area contributed by atoms with Crippen LogP contribution in [0.3, 0.4) is 0 Å². The molecule has 0 aromatic heterocycles. The van der Waals surface area contributed by atoms with E-state index in [0.29, 0.717) is 0 Å². The van der Waals surface area contributed by atoms with Crippen molar-refractivity contribution in [2.24, 2.45) is 0 Å².